The molecule has 9 heteroatoms. The van der Waals surface area contributed by atoms with Gasteiger partial charge in [0.05, 0.1) is 20.8 Å². The second-order valence-corrected chi connectivity index (χ2v) is 6.16. The SMILES string of the molecule is C[C@@H]1Oc2ccc(NC(=O)c3ncc(Cl)c(Cl)c3Cl)cc2NC1=O. The number of halogens is 3. The molecule has 1 aliphatic heterocycles. The van der Waals surface area contributed by atoms with Crippen molar-refractivity contribution in [1.29, 1.82) is 0 Å². The number of anilines is 2. The highest BCUT2D eigenvalue weighted by Gasteiger charge is 2.24. The van der Waals surface area contributed by atoms with Crippen LogP contribution in [0, 0.1) is 0 Å². The molecule has 2 aromatic rings. The summed E-state index contributed by atoms with van der Waals surface area (Å²) < 4.78 is 5.45. The van der Waals surface area contributed by atoms with Crippen LogP contribution < -0.4 is 15.4 Å². The fraction of sp³-hybridized carbons (Fsp3) is 0.133. The Labute approximate surface area is 152 Å². The van der Waals surface area contributed by atoms with E-state index >= 15 is 0 Å². The third-order valence-corrected chi connectivity index (χ3v) is 4.54. The van der Waals surface area contributed by atoms with Gasteiger partial charge < -0.3 is 15.4 Å². The van der Waals surface area contributed by atoms with Gasteiger partial charge in [0.25, 0.3) is 11.8 Å². The first-order valence-corrected chi connectivity index (χ1v) is 7.92. The summed E-state index contributed by atoms with van der Waals surface area (Å²) >= 11 is 17.7. The molecule has 6 nitrogen and oxygen atoms in total. The lowest BCUT2D eigenvalue weighted by atomic mass is 10.2. The van der Waals surface area contributed by atoms with E-state index in [0.717, 1.165) is 0 Å². The number of amides is 2. The van der Waals surface area contributed by atoms with Crippen molar-refractivity contribution in [2.75, 3.05) is 10.6 Å². The van der Waals surface area contributed by atoms with Crippen molar-refractivity contribution < 1.29 is 14.3 Å². The maximum absolute atomic E-state index is 12.3. The number of fused-ring (bicyclic) bond motifs is 1. The molecule has 1 aromatic carbocycles. The van der Waals surface area contributed by atoms with Crippen molar-refractivity contribution in [1.82, 2.24) is 4.98 Å². The molecular weight excluding hydrogens is 377 g/mol. The third kappa shape index (κ3) is 3.13. The molecular formula is C15H10Cl3N3O3. The predicted molar refractivity (Wildman–Crippen MR) is 92.4 cm³/mol. The molecule has 0 aliphatic carbocycles. The second kappa shape index (κ2) is 6.47. The average molecular weight is 387 g/mol. The number of aromatic nitrogens is 1. The maximum atomic E-state index is 12.3. The van der Waals surface area contributed by atoms with Crippen molar-refractivity contribution in [3.05, 3.63) is 45.2 Å². The molecule has 24 heavy (non-hydrogen) atoms. The molecule has 0 saturated heterocycles. The molecule has 0 unspecified atom stereocenters. The van der Waals surface area contributed by atoms with Gasteiger partial charge in [-0.25, -0.2) is 4.98 Å². The van der Waals surface area contributed by atoms with Crippen LogP contribution in [0.1, 0.15) is 17.4 Å². The van der Waals surface area contributed by atoms with E-state index < -0.39 is 12.0 Å². The number of pyridine rings is 1. The first-order chi connectivity index (χ1) is 11.4. The summed E-state index contributed by atoms with van der Waals surface area (Å²) in [5.41, 5.74) is 0.836. The highest BCUT2D eigenvalue weighted by Crippen LogP contribution is 2.34. The van der Waals surface area contributed by atoms with E-state index in [-0.39, 0.29) is 26.7 Å². The van der Waals surface area contributed by atoms with Gasteiger partial charge in [0.1, 0.15) is 11.4 Å². The molecule has 3 rings (SSSR count). The highest BCUT2D eigenvalue weighted by molar-refractivity contribution is 6.49. The van der Waals surface area contributed by atoms with Crippen molar-refractivity contribution in [3.8, 4) is 5.75 Å². The van der Waals surface area contributed by atoms with Crippen LogP contribution in [-0.4, -0.2) is 22.9 Å². The monoisotopic (exact) mass is 385 g/mol. The molecule has 0 fully saturated rings. The zero-order valence-corrected chi connectivity index (χ0v) is 14.5. The Kier molecular flexibility index (Phi) is 4.54. The van der Waals surface area contributed by atoms with Gasteiger partial charge in [-0.05, 0) is 25.1 Å². The molecule has 1 atom stereocenters. The van der Waals surface area contributed by atoms with E-state index in [1.807, 2.05) is 0 Å². The van der Waals surface area contributed by atoms with Crippen LogP contribution in [-0.2, 0) is 4.79 Å². The summed E-state index contributed by atoms with van der Waals surface area (Å²) in [6, 6.07) is 4.85. The summed E-state index contributed by atoms with van der Waals surface area (Å²) in [6.45, 7) is 1.64. The topological polar surface area (TPSA) is 80.3 Å². The Hall–Kier alpha value is -2.02. The minimum absolute atomic E-state index is 0.0370. The fourth-order valence-corrected chi connectivity index (χ4v) is 2.64. The number of nitrogens with one attached hydrogen (secondary N) is 2. The van der Waals surface area contributed by atoms with Crippen LogP contribution in [0.2, 0.25) is 15.1 Å². The van der Waals surface area contributed by atoms with Gasteiger partial charge in [-0.3, -0.25) is 9.59 Å². The van der Waals surface area contributed by atoms with Gasteiger partial charge in [-0.2, -0.15) is 0 Å². The summed E-state index contributed by atoms with van der Waals surface area (Å²) in [5.74, 6) is -0.305. The number of benzene rings is 1. The first kappa shape index (κ1) is 16.8. The van der Waals surface area contributed by atoms with Gasteiger partial charge in [-0.1, -0.05) is 34.8 Å². The summed E-state index contributed by atoms with van der Waals surface area (Å²) in [6.07, 6.45) is 0.671. The highest BCUT2D eigenvalue weighted by atomic mass is 35.5. The van der Waals surface area contributed by atoms with E-state index in [2.05, 4.69) is 15.6 Å². The lowest BCUT2D eigenvalue weighted by Crippen LogP contribution is -2.34. The third-order valence-electron chi connectivity index (χ3n) is 3.30. The maximum Gasteiger partial charge on any atom is 0.275 e. The zero-order valence-electron chi connectivity index (χ0n) is 12.2. The molecule has 0 bridgehead atoms. The van der Waals surface area contributed by atoms with E-state index in [9.17, 15) is 9.59 Å². The van der Waals surface area contributed by atoms with Gasteiger partial charge in [-0.15, -0.1) is 0 Å². The number of carbonyl (C=O) groups is 2. The Balaban J connectivity index is 1.85. The van der Waals surface area contributed by atoms with Crippen LogP contribution in [0.4, 0.5) is 11.4 Å². The van der Waals surface area contributed by atoms with Crippen LogP contribution in [0.3, 0.4) is 0 Å². The lowest BCUT2D eigenvalue weighted by Gasteiger charge is -2.23. The number of nitrogens with zero attached hydrogens (tertiary/aromatic N) is 1. The van der Waals surface area contributed by atoms with Crippen molar-refractivity contribution >= 4 is 58.0 Å². The van der Waals surface area contributed by atoms with Gasteiger partial charge >= 0.3 is 0 Å². The second-order valence-electron chi connectivity index (χ2n) is 5.00. The molecule has 0 radical (unpaired) electrons. The summed E-state index contributed by atoms with van der Waals surface area (Å²) in [5, 5.41) is 5.49. The van der Waals surface area contributed by atoms with Crippen molar-refractivity contribution in [2.24, 2.45) is 0 Å². The van der Waals surface area contributed by atoms with E-state index in [1.165, 1.54) is 6.20 Å². The number of hydrogen-bond donors (Lipinski definition) is 2. The molecule has 1 aliphatic rings. The van der Waals surface area contributed by atoms with Crippen molar-refractivity contribution in [2.45, 2.75) is 13.0 Å². The summed E-state index contributed by atoms with van der Waals surface area (Å²) in [7, 11) is 0. The minimum atomic E-state index is -0.572. The number of carbonyl (C=O) groups excluding carboxylic acids is 2. The number of hydrogen-bond acceptors (Lipinski definition) is 4. The van der Waals surface area contributed by atoms with Crippen LogP contribution in [0.25, 0.3) is 0 Å². The van der Waals surface area contributed by atoms with E-state index in [1.54, 1.807) is 25.1 Å². The first-order valence-electron chi connectivity index (χ1n) is 6.79. The quantitative estimate of drug-likeness (QED) is 0.817. The smallest absolute Gasteiger partial charge is 0.275 e. The standard InChI is InChI=1S/C15H10Cl3N3O3/c1-6-14(22)21-9-4-7(2-3-10(9)24-6)20-15(23)13-12(18)11(17)8(16)5-19-13/h2-6H,1H3,(H,20,23)(H,21,22)/t6-/m0/s1. The fourth-order valence-electron chi connectivity index (χ4n) is 2.08. The Morgan fingerprint density at radius 1 is 1.29 bits per heavy atom. The zero-order chi connectivity index (χ0) is 17.4. The average Bonchev–Trinajstić information content (AvgIpc) is 2.54. The van der Waals surface area contributed by atoms with Crippen LogP contribution in [0.5, 0.6) is 5.75 Å². The number of rotatable bonds is 2. The molecule has 1 aromatic heterocycles. The number of ether oxygens (including phenoxy) is 1. The largest absolute Gasteiger partial charge is 0.479 e. The van der Waals surface area contributed by atoms with Crippen molar-refractivity contribution in [3.63, 3.8) is 0 Å². The van der Waals surface area contributed by atoms with Crippen LogP contribution >= 0.6 is 34.8 Å². The molecule has 2 amide bonds. The Morgan fingerprint density at radius 2 is 2.04 bits per heavy atom. The molecule has 0 spiro atoms. The van der Waals surface area contributed by atoms with E-state index in [0.29, 0.717) is 17.1 Å². The van der Waals surface area contributed by atoms with Crippen LogP contribution in [0.15, 0.2) is 24.4 Å². The van der Waals surface area contributed by atoms with E-state index in [4.69, 9.17) is 39.5 Å². The normalized spacial score (nSPS) is 16.0. The minimum Gasteiger partial charge on any atom is -0.479 e. The van der Waals surface area contributed by atoms with Gasteiger partial charge in [0.15, 0.2) is 6.10 Å². The Morgan fingerprint density at radius 3 is 2.79 bits per heavy atom. The Bertz CT molecular complexity index is 857. The van der Waals surface area contributed by atoms with Gasteiger partial charge in [0, 0.05) is 11.9 Å². The van der Waals surface area contributed by atoms with Gasteiger partial charge in [0.2, 0.25) is 0 Å². The molecule has 2 heterocycles. The molecule has 124 valence electrons. The molecule has 2 N–H and O–H groups in total. The molecule has 0 saturated carbocycles. The lowest BCUT2D eigenvalue weighted by molar-refractivity contribution is -0.122. The predicted octanol–water partition coefficient (Wildman–Crippen LogP) is 4.01. The summed E-state index contributed by atoms with van der Waals surface area (Å²) in [4.78, 5) is 27.8.